The number of amides is 1. The van der Waals surface area contributed by atoms with E-state index in [0.717, 1.165) is 57.0 Å². The summed E-state index contributed by atoms with van der Waals surface area (Å²) in [4.78, 5) is 14.9. The zero-order chi connectivity index (χ0) is 17.6. The van der Waals surface area contributed by atoms with Gasteiger partial charge in [-0.05, 0) is 87.2 Å². The molecule has 1 unspecified atom stereocenters. The molecule has 4 nitrogen and oxygen atoms in total. The van der Waals surface area contributed by atoms with Gasteiger partial charge in [-0.3, -0.25) is 4.79 Å². The van der Waals surface area contributed by atoms with Gasteiger partial charge in [0.25, 0.3) is 0 Å². The van der Waals surface area contributed by atoms with Crippen LogP contribution in [-0.4, -0.2) is 44.6 Å². The largest absolute Gasteiger partial charge is 0.497 e. The van der Waals surface area contributed by atoms with Crippen LogP contribution >= 0.6 is 12.4 Å². The number of benzene rings is 1. The van der Waals surface area contributed by atoms with Crippen LogP contribution in [0.5, 0.6) is 5.75 Å². The predicted molar refractivity (Wildman–Crippen MR) is 108 cm³/mol. The Morgan fingerprint density at radius 3 is 2.73 bits per heavy atom. The number of carbonyl (C=O) groups excluding carboxylic acids is 1. The highest BCUT2D eigenvalue weighted by Gasteiger charge is 2.27. The number of methoxy groups -OCH3 is 1. The second-order valence-corrected chi connectivity index (χ2v) is 7.57. The smallest absolute Gasteiger partial charge is 0.223 e. The highest BCUT2D eigenvalue weighted by Crippen LogP contribution is 2.36. The Kier molecular flexibility index (Phi) is 8.23. The maximum Gasteiger partial charge on any atom is 0.223 e. The topological polar surface area (TPSA) is 41.6 Å². The Bertz CT molecular complexity index is 585. The monoisotopic (exact) mass is 380 g/mol. The Labute approximate surface area is 164 Å². The molecule has 1 heterocycles. The van der Waals surface area contributed by atoms with E-state index in [9.17, 15) is 4.79 Å². The summed E-state index contributed by atoms with van der Waals surface area (Å²) in [5, 5.41) is 3.23. The van der Waals surface area contributed by atoms with E-state index in [1.54, 1.807) is 7.11 Å². The van der Waals surface area contributed by atoms with Crippen LogP contribution < -0.4 is 10.1 Å². The average Bonchev–Trinajstić information content (AvgIpc) is 2.66. The van der Waals surface area contributed by atoms with Crippen molar-refractivity contribution in [1.29, 1.82) is 0 Å². The molecule has 1 amide bonds. The normalized spacial score (nSPS) is 20.2. The molecular weight excluding hydrogens is 348 g/mol. The fourth-order valence-corrected chi connectivity index (χ4v) is 4.39. The lowest BCUT2D eigenvalue weighted by Crippen LogP contribution is -2.39. The molecule has 1 N–H and O–H groups in total. The molecule has 1 aromatic rings. The van der Waals surface area contributed by atoms with E-state index in [-0.39, 0.29) is 12.4 Å². The van der Waals surface area contributed by atoms with Gasteiger partial charge in [-0.1, -0.05) is 6.07 Å². The van der Waals surface area contributed by atoms with Crippen LogP contribution in [0.3, 0.4) is 0 Å². The van der Waals surface area contributed by atoms with Crippen molar-refractivity contribution in [3.05, 3.63) is 29.3 Å². The van der Waals surface area contributed by atoms with Gasteiger partial charge in [0, 0.05) is 19.5 Å². The molecule has 1 aromatic carbocycles. The Morgan fingerprint density at radius 2 is 2.04 bits per heavy atom. The first-order valence-corrected chi connectivity index (χ1v) is 9.80. The maximum absolute atomic E-state index is 12.8. The molecule has 1 aliphatic heterocycles. The third-order valence-corrected chi connectivity index (χ3v) is 5.98. The van der Waals surface area contributed by atoms with E-state index < -0.39 is 0 Å². The third kappa shape index (κ3) is 5.14. The number of hydrogen-bond acceptors (Lipinski definition) is 3. The van der Waals surface area contributed by atoms with E-state index in [2.05, 4.69) is 22.3 Å². The van der Waals surface area contributed by atoms with Crippen LogP contribution in [-0.2, 0) is 11.2 Å². The quantitative estimate of drug-likeness (QED) is 0.816. The molecule has 3 rings (SSSR count). The van der Waals surface area contributed by atoms with Gasteiger partial charge in [0.05, 0.1) is 7.11 Å². The van der Waals surface area contributed by atoms with Gasteiger partial charge in [0.2, 0.25) is 5.91 Å². The lowest BCUT2D eigenvalue weighted by molar-refractivity contribution is -0.133. The predicted octanol–water partition coefficient (Wildman–Crippen LogP) is 3.78. The number of nitrogens with zero attached hydrogens (tertiary/aromatic N) is 1. The minimum Gasteiger partial charge on any atom is -0.497 e. The van der Waals surface area contributed by atoms with Gasteiger partial charge in [0.15, 0.2) is 0 Å². The summed E-state index contributed by atoms with van der Waals surface area (Å²) in [5.74, 6) is 2.43. The SMILES string of the molecule is CNCCC1CCN(C(=O)CC2CCCc3cc(OC)ccc32)CC1.Cl. The van der Waals surface area contributed by atoms with Crippen molar-refractivity contribution in [2.24, 2.45) is 5.92 Å². The summed E-state index contributed by atoms with van der Waals surface area (Å²) in [6, 6.07) is 6.36. The molecule has 2 aliphatic rings. The maximum atomic E-state index is 12.8. The van der Waals surface area contributed by atoms with E-state index in [4.69, 9.17) is 4.74 Å². The number of fused-ring (bicyclic) bond motifs is 1. The van der Waals surface area contributed by atoms with Crippen molar-refractivity contribution in [2.75, 3.05) is 33.8 Å². The molecule has 0 saturated carbocycles. The summed E-state index contributed by atoms with van der Waals surface area (Å²) in [5.41, 5.74) is 2.73. The molecule has 26 heavy (non-hydrogen) atoms. The molecule has 146 valence electrons. The third-order valence-electron chi connectivity index (χ3n) is 5.98. The fraction of sp³-hybridized carbons (Fsp3) is 0.667. The van der Waals surface area contributed by atoms with Gasteiger partial charge >= 0.3 is 0 Å². The molecule has 1 atom stereocenters. The minimum atomic E-state index is 0. The van der Waals surface area contributed by atoms with Gasteiger partial charge in [0.1, 0.15) is 5.75 Å². The van der Waals surface area contributed by atoms with Crippen LogP contribution in [0.25, 0.3) is 0 Å². The van der Waals surface area contributed by atoms with Gasteiger partial charge in [-0.15, -0.1) is 12.4 Å². The number of likely N-dealkylation sites (tertiary alicyclic amines) is 1. The molecule has 5 heteroatoms. The number of rotatable bonds is 6. The molecule has 0 spiro atoms. The molecule has 0 radical (unpaired) electrons. The summed E-state index contributed by atoms with van der Waals surface area (Å²) >= 11 is 0. The second-order valence-electron chi connectivity index (χ2n) is 7.57. The van der Waals surface area contributed by atoms with Crippen molar-refractivity contribution in [3.8, 4) is 5.75 Å². The average molecular weight is 381 g/mol. The molecule has 0 bridgehead atoms. The van der Waals surface area contributed by atoms with E-state index in [1.165, 1.54) is 24.0 Å². The van der Waals surface area contributed by atoms with Gasteiger partial charge in [-0.25, -0.2) is 0 Å². The van der Waals surface area contributed by atoms with E-state index in [1.807, 2.05) is 13.1 Å². The lowest BCUT2D eigenvalue weighted by atomic mass is 9.80. The Balaban J connectivity index is 0.00000243. The second kappa shape index (κ2) is 10.2. The van der Waals surface area contributed by atoms with Crippen LogP contribution in [0.1, 0.15) is 55.6 Å². The van der Waals surface area contributed by atoms with E-state index >= 15 is 0 Å². The molecule has 1 saturated heterocycles. The highest BCUT2D eigenvalue weighted by molar-refractivity contribution is 5.85. The first-order valence-electron chi connectivity index (χ1n) is 9.80. The van der Waals surface area contributed by atoms with Crippen molar-refractivity contribution < 1.29 is 9.53 Å². The Hall–Kier alpha value is -1.26. The first kappa shape index (κ1) is 21.0. The summed E-state index contributed by atoms with van der Waals surface area (Å²) < 4.78 is 5.35. The number of ether oxygens (including phenoxy) is 1. The number of carbonyl (C=O) groups is 1. The summed E-state index contributed by atoms with van der Waals surface area (Å²) in [7, 11) is 3.72. The van der Waals surface area contributed by atoms with Crippen molar-refractivity contribution >= 4 is 18.3 Å². The fourth-order valence-electron chi connectivity index (χ4n) is 4.39. The molecule has 1 fully saturated rings. The van der Waals surface area contributed by atoms with Crippen molar-refractivity contribution in [1.82, 2.24) is 10.2 Å². The number of hydrogen-bond donors (Lipinski definition) is 1. The standard InChI is InChI=1S/C21H32N2O2.ClH/c1-22-11-8-16-9-12-23(13-10-16)21(24)15-18-5-3-4-17-14-19(25-2)6-7-20(17)18;/h6-7,14,16,18,22H,3-5,8-13,15H2,1-2H3;1H. The number of nitrogens with one attached hydrogen (secondary N) is 1. The molecule has 0 aromatic heterocycles. The zero-order valence-corrected chi connectivity index (χ0v) is 16.9. The van der Waals surface area contributed by atoms with Gasteiger partial charge < -0.3 is 15.0 Å². The zero-order valence-electron chi connectivity index (χ0n) is 16.1. The number of aryl methyl sites for hydroxylation is 1. The van der Waals surface area contributed by atoms with Crippen LogP contribution in [0.4, 0.5) is 0 Å². The Morgan fingerprint density at radius 1 is 1.27 bits per heavy atom. The summed E-state index contributed by atoms with van der Waals surface area (Å²) in [6.45, 7) is 2.96. The number of piperidine rings is 1. The van der Waals surface area contributed by atoms with Crippen LogP contribution in [0.15, 0.2) is 18.2 Å². The van der Waals surface area contributed by atoms with E-state index in [0.29, 0.717) is 18.2 Å². The minimum absolute atomic E-state index is 0. The van der Waals surface area contributed by atoms with Crippen molar-refractivity contribution in [2.45, 2.75) is 50.9 Å². The van der Waals surface area contributed by atoms with Crippen molar-refractivity contribution in [3.63, 3.8) is 0 Å². The first-order chi connectivity index (χ1) is 12.2. The highest BCUT2D eigenvalue weighted by atomic mass is 35.5. The lowest BCUT2D eigenvalue weighted by Gasteiger charge is -2.34. The van der Waals surface area contributed by atoms with Crippen LogP contribution in [0.2, 0.25) is 0 Å². The van der Waals surface area contributed by atoms with Gasteiger partial charge in [-0.2, -0.15) is 0 Å². The number of halogens is 1. The molecule has 1 aliphatic carbocycles. The van der Waals surface area contributed by atoms with Crippen LogP contribution in [0, 0.1) is 5.92 Å². The summed E-state index contributed by atoms with van der Waals surface area (Å²) in [6.07, 6.45) is 7.62. The molecular formula is C21H33ClN2O2.